The third-order valence-electron chi connectivity index (χ3n) is 3.58. The standard InChI is InChI=1S/C12H21N3O2/c1-3-10-14-11(17-15-10)12(6-9-16-2)4-7-13-8-5-12/h13H,3-9H2,1-2H3. The molecule has 2 heterocycles. The van der Waals surface area contributed by atoms with E-state index >= 15 is 0 Å². The summed E-state index contributed by atoms with van der Waals surface area (Å²) in [5.74, 6) is 1.60. The maximum absolute atomic E-state index is 5.45. The Labute approximate surface area is 102 Å². The Bertz CT molecular complexity index is 345. The average molecular weight is 239 g/mol. The molecular weight excluding hydrogens is 218 g/mol. The molecule has 0 saturated carbocycles. The maximum atomic E-state index is 5.45. The second-order valence-electron chi connectivity index (χ2n) is 4.64. The highest BCUT2D eigenvalue weighted by atomic mass is 16.5. The van der Waals surface area contributed by atoms with Crippen molar-refractivity contribution in [3.05, 3.63) is 11.7 Å². The zero-order chi connectivity index (χ0) is 12.1. The molecule has 5 nitrogen and oxygen atoms in total. The van der Waals surface area contributed by atoms with Gasteiger partial charge in [-0.2, -0.15) is 4.98 Å². The van der Waals surface area contributed by atoms with Gasteiger partial charge in [-0.15, -0.1) is 0 Å². The molecule has 0 spiro atoms. The molecule has 0 atom stereocenters. The van der Waals surface area contributed by atoms with Crippen LogP contribution in [-0.2, 0) is 16.6 Å². The van der Waals surface area contributed by atoms with Crippen molar-refractivity contribution in [2.24, 2.45) is 0 Å². The van der Waals surface area contributed by atoms with E-state index in [1.54, 1.807) is 7.11 Å². The fraction of sp³-hybridized carbons (Fsp3) is 0.833. The molecule has 1 N–H and O–H groups in total. The predicted molar refractivity (Wildman–Crippen MR) is 64.0 cm³/mol. The van der Waals surface area contributed by atoms with Crippen molar-refractivity contribution in [2.75, 3.05) is 26.8 Å². The number of methoxy groups -OCH3 is 1. The average Bonchev–Trinajstić information content (AvgIpc) is 2.87. The topological polar surface area (TPSA) is 60.2 Å². The van der Waals surface area contributed by atoms with E-state index in [1.165, 1.54) is 0 Å². The van der Waals surface area contributed by atoms with E-state index in [2.05, 4.69) is 15.5 Å². The van der Waals surface area contributed by atoms with Crippen molar-refractivity contribution < 1.29 is 9.26 Å². The summed E-state index contributed by atoms with van der Waals surface area (Å²) in [6.45, 7) is 4.80. The van der Waals surface area contributed by atoms with Crippen LogP contribution in [0.2, 0.25) is 0 Å². The maximum Gasteiger partial charge on any atom is 0.233 e. The van der Waals surface area contributed by atoms with Crippen molar-refractivity contribution in [1.82, 2.24) is 15.5 Å². The van der Waals surface area contributed by atoms with Gasteiger partial charge in [-0.3, -0.25) is 0 Å². The first-order valence-corrected chi connectivity index (χ1v) is 6.33. The molecule has 1 aromatic rings. The van der Waals surface area contributed by atoms with E-state index in [0.717, 1.165) is 57.1 Å². The molecule has 1 aliphatic heterocycles. The third kappa shape index (κ3) is 2.66. The lowest BCUT2D eigenvalue weighted by Gasteiger charge is -2.34. The highest BCUT2D eigenvalue weighted by Gasteiger charge is 2.38. The Morgan fingerprint density at radius 3 is 2.76 bits per heavy atom. The van der Waals surface area contributed by atoms with Crippen LogP contribution in [-0.4, -0.2) is 36.9 Å². The van der Waals surface area contributed by atoms with Crippen LogP contribution in [0.15, 0.2) is 4.52 Å². The van der Waals surface area contributed by atoms with E-state index < -0.39 is 0 Å². The van der Waals surface area contributed by atoms with Gasteiger partial charge in [0.1, 0.15) is 0 Å². The van der Waals surface area contributed by atoms with Gasteiger partial charge < -0.3 is 14.6 Å². The second-order valence-corrected chi connectivity index (χ2v) is 4.64. The van der Waals surface area contributed by atoms with Gasteiger partial charge in [-0.1, -0.05) is 12.1 Å². The molecule has 0 radical (unpaired) electrons. The summed E-state index contributed by atoms with van der Waals surface area (Å²) in [7, 11) is 1.74. The van der Waals surface area contributed by atoms with Crippen molar-refractivity contribution in [1.29, 1.82) is 0 Å². The summed E-state index contributed by atoms with van der Waals surface area (Å²) in [6.07, 6.45) is 3.86. The first-order chi connectivity index (χ1) is 8.30. The summed E-state index contributed by atoms with van der Waals surface area (Å²) in [6, 6.07) is 0. The number of aryl methyl sites for hydroxylation is 1. The number of rotatable bonds is 5. The minimum atomic E-state index is 0.0156. The Kier molecular flexibility index (Phi) is 4.12. The lowest BCUT2D eigenvalue weighted by molar-refractivity contribution is 0.131. The largest absolute Gasteiger partial charge is 0.385 e. The van der Waals surface area contributed by atoms with Crippen molar-refractivity contribution >= 4 is 0 Å². The van der Waals surface area contributed by atoms with E-state index in [0.29, 0.717) is 0 Å². The van der Waals surface area contributed by atoms with Crippen LogP contribution in [0, 0.1) is 0 Å². The summed E-state index contributed by atoms with van der Waals surface area (Å²) < 4.78 is 10.7. The van der Waals surface area contributed by atoms with E-state index in [-0.39, 0.29) is 5.41 Å². The van der Waals surface area contributed by atoms with Crippen LogP contribution < -0.4 is 5.32 Å². The summed E-state index contributed by atoms with van der Waals surface area (Å²) in [4.78, 5) is 4.52. The van der Waals surface area contributed by atoms with Crippen LogP contribution in [0.3, 0.4) is 0 Å². The zero-order valence-electron chi connectivity index (χ0n) is 10.7. The second kappa shape index (κ2) is 5.60. The predicted octanol–water partition coefficient (Wildman–Crippen LogP) is 1.29. The van der Waals surface area contributed by atoms with Gasteiger partial charge in [-0.05, 0) is 32.4 Å². The smallest absolute Gasteiger partial charge is 0.233 e. The molecule has 2 rings (SSSR count). The number of nitrogens with zero attached hydrogens (tertiary/aromatic N) is 2. The highest BCUT2D eigenvalue weighted by molar-refractivity contribution is 5.07. The Hall–Kier alpha value is -0.940. The van der Waals surface area contributed by atoms with E-state index in [4.69, 9.17) is 9.26 Å². The van der Waals surface area contributed by atoms with Crippen molar-refractivity contribution in [3.63, 3.8) is 0 Å². The molecule has 17 heavy (non-hydrogen) atoms. The Morgan fingerprint density at radius 1 is 1.41 bits per heavy atom. The van der Waals surface area contributed by atoms with Crippen molar-refractivity contribution in [3.8, 4) is 0 Å². The molecule has 5 heteroatoms. The molecule has 1 aliphatic rings. The number of ether oxygens (including phenoxy) is 1. The van der Waals surface area contributed by atoms with Gasteiger partial charge in [-0.25, -0.2) is 0 Å². The number of hydrogen-bond acceptors (Lipinski definition) is 5. The SMILES string of the molecule is CCc1noc(C2(CCOC)CCNCC2)n1. The van der Waals surface area contributed by atoms with Gasteiger partial charge in [0.25, 0.3) is 0 Å². The van der Waals surface area contributed by atoms with Crippen LogP contribution in [0.25, 0.3) is 0 Å². The first-order valence-electron chi connectivity index (χ1n) is 6.33. The quantitative estimate of drug-likeness (QED) is 0.839. The summed E-state index contributed by atoms with van der Waals surface area (Å²) in [5, 5.41) is 7.39. The Balaban J connectivity index is 2.18. The van der Waals surface area contributed by atoms with Gasteiger partial charge in [0.2, 0.25) is 5.89 Å². The van der Waals surface area contributed by atoms with E-state index in [9.17, 15) is 0 Å². The van der Waals surface area contributed by atoms with Crippen LogP contribution in [0.4, 0.5) is 0 Å². The molecule has 0 aromatic carbocycles. The molecule has 1 aromatic heterocycles. The van der Waals surface area contributed by atoms with Crippen LogP contribution in [0.1, 0.15) is 37.9 Å². The molecule has 96 valence electrons. The molecule has 0 bridgehead atoms. The fourth-order valence-corrected chi connectivity index (χ4v) is 2.39. The molecular formula is C12H21N3O2. The summed E-state index contributed by atoms with van der Waals surface area (Å²) in [5.41, 5.74) is 0.0156. The number of hydrogen-bond donors (Lipinski definition) is 1. The van der Waals surface area contributed by atoms with Gasteiger partial charge in [0, 0.05) is 20.1 Å². The molecule has 0 amide bonds. The van der Waals surface area contributed by atoms with Crippen LogP contribution >= 0.6 is 0 Å². The molecule has 0 unspecified atom stereocenters. The van der Waals surface area contributed by atoms with E-state index in [1.807, 2.05) is 6.92 Å². The molecule has 1 fully saturated rings. The number of piperidine rings is 1. The van der Waals surface area contributed by atoms with Gasteiger partial charge in [0.05, 0.1) is 5.41 Å². The number of nitrogens with one attached hydrogen (secondary N) is 1. The molecule has 1 saturated heterocycles. The number of aromatic nitrogens is 2. The van der Waals surface area contributed by atoms with Gasteiger partial charge in [0.15, 0.2) is 5.82 Å². The first kappa shape index (κ1) is 12.5. The lowest BCUT2D eigenvalue weighted by atomic mass is 9.76. The lowest BCUT2D eigenvalue weighted by Crippen LogP contribution is -2.41. The minimum absolute atomic E-state index is 0.0156. The van der Waals surface area contributed by atoms with Crippen LogP contribution in [0.5, 0.6) is 0 Å². The molecule has 0 aliphatic carbocycles. The van der Waals surface area contributed by atoms with Crippen molar-refractivity contribution in [2.45, 2.75) is 38.0 Å². The fourth-order valence-electron chi connectivity index (χ4n) is 2.39. The summed E-state index contributed by atoms with van der Waals surface area (Å²) >= 11 is 0. The normalized spacial score (nSPS) is 19.4. The Morgan fingerprint density at radius 2 is 2.18 bits per heavy atom. The highest BCUT2D eigenvalue weighted by Crippen LogP contribution is 2.35. The van der Waals surface area contributed by atoms with Gasteiger partial charge >= 0.3 is 0 Å². The monoisotopic (exact) mass is 239 g/mol. The zero-order valence-corrected chi connectivity index (χ0v) is 10.7. The third-order valence-corrected chi connectivity index (χ3v) is 3.58. The minimum Gasteiger partial charge on any atom is -0.385 e.